The molecule has 4 nitrogen and oxygen atoms in total. The van der Waals surface area contributed by atoms with Crippen molar-refractivity contribution in [2.24, 2.45) is 0 Å². The van der Waals surface area contributed by atoms with Crippen LogP contribution >= 0.6 is 0 Å². The monoisotopic (exact) mass is 283 g/mol. The number of anilines is 2. The number of hydrogen-bond acceptors (Lipinski definition) is 3. The van der Waals surface area contributed by atoms with Crippen LogP contribution in [0.5, 0.6) is 0 Å². The number of pyridine rings is 1. The van der Waals surface area contributed by atoms with Gasteiger partial charge in [-0.05, 0) is 50.6 Å². The molecule has 1 heterocycles. The van der Waals surface area contributed by atoms with Gasteiger partial charge < -0.3 is 10.2 Å². The second-order valence-electron chi connectivity index (χ2n) is 4.90. The molecule has 2 rings (SSSR count). The highest BCUT2D eigenvalue weighted by atomic mass is 16.2. The van der Waals surface area contributed by atoms with E-state index >= 15 is 0 Å². The number of amides is 1. The topological polar surface area (TPSA) is 45.2 Å². The Kier molecular flexibility index (Phi) is 4.93. The van der Waals surface area contributed by atoms with Crippen molar-refractivity contribution in [1.29, 1.82) is 0 Å². The van der Waals surface area contributed by atoms with Gasteiger partial charge in [-0.2, -0.15) is 0 Å². The van der Waals surface area contributed by atoms with Gasteiger partial charge in [0.25, 0.3) is 5.91 Å². The molecule has 0 aliphatic heterocycles. The number of nitrogens with zero attached hydrogens (tertiary/aromatic N) is 2. The molecule has 2 aromatic rings. The Bertz CT molecular complexity index is 604. The fourth-order valence-electron chi connectivity index (χ4n) is 2.16. The number of hydrogen-bond donors (Lipinski definition) is 1. The Morgan fingerprint density at radius 1 is 1.14 bits per heavy atom. The first-order chi connectivity index (χ1) is 10.1. The first kappa shape index (κ1) is 15.0. The minimum atomic E-state index is -0.0258. The van der Waals surface area contributed by atoms with E-state index in [1.165, 1.54) is 5.56 Å². The minimum absolute atomic E-state index is 0.0258. The molecule has 1 N–H and O–H groups in total. The molecule has 1 aromatic heterocycles. The van der Waals surface area contributed by atoms with Gasteiger partial charge in [0.1, 0.15) is 5.69 Å². The highest BCUT2D eigenvalue weighted by Crippen LogP contribution is 2.17. The lowest BCUT2D eigenvalue weighted by molar-refractivity contribution is 0.0767. The molecular weight excluding hydrogens is 262 g/mol. The lowest BCUT2D eigenvalue weighted by Gasteiger charge is -2.18. The van der Waals surface area contributed by atoms with Crippen LogP contribution in [0, 0.1) is 6.92 Å². The second-order valence-corrected chi connectivity index (χ2v) is 4.90. The fourth-order valence-corrected chi connectivity index (χ4v) is 2.16. The Morgan fingerprint density at radius 2 is 1.90 bits per heavy atom. The zero-order valence-corrected chi connectivity index (χ0v) is 12.8. The molecule has 0 spiro atoms. The second kappa shape index (κ2) is 6.88. The lowest BCUT2D eigenvalue weighted by Crippen LogP contribution is -2.31. The van der Waals surface area contributed by atoms with E-state index in [0.29, 0.717) is 18.8 Å². The smallest absolute Gasteiger partial charge is 0.272 e. The Labute approximate surface area is 125 Å². The first-order valence-corrected chi connectivity index (χ1v) is 7.23. The Hall–Kier alpha value is -2.36. The third-order valence-electron chi connectivity index (χ3n) is 3.34. The molecule has 4 heteroatoms. The molecule has 0 saturated heterocycles. The van der Waals surface area contributed by atoms with E-state index in [1.807, 2.05) is 32.0 Å². The third-order valence-corrected chi connectivity index (χ3v) is 3.34. The maximum Gasteiger partial charge on any atom is 0.272 e. The summed E-state index contributed by atoms with van der Waals surface area (Å²) >= 11 is 0. The van der Waals surface area contributed by atoms with Gasteiger partial charge in [0.05, 0.1) is 11.9 Å². The van der Waals surface area contributed by atoms with Gasteiger partial charge in [-0.1, -0.05) is 12.1 Å². The van der Waals surface area contributed by atoms with Crippen LogP contribution in [0.4, 0.5) is 11.4 Å². The lowest BCUT2D eigenvalue weighted by atomic mass is 10.2. The summed E-state index contributed by atoms with van der Waals surface area (Å²) in [6.45, 7) is 7.38. The van der Waals surface area contributed by atoms with E-state index in [2.05, 4.69) is 29.4 Å². The van der Waals surface area contributed by atoms with Crippen molar-refractivity contribution < 1.29 is 4.79 Å². The van der Waals surface area contributed by atoms with Crippen LogP contribution in [0.3, 0.4) is 0 Å². The summed E-state index contributed by atoms with van der Waals surface area (Å²) in [6.07, 6.45) is 1.69. The van der Waals surface area contributed by atoms with Crippen molar-refractivity contribution in [1.82, 2.24) is 9.88 Å². The molecule has 0 atom stereocenters. The van der Waals surface area contributed by atoms with Crippen LogP contribution in [0.1, 0.15) is 29.9 Å². The Morgan fingerprint density at radius 3 is 2.48 bits per heavy atom. The number of benzene rings is 1. The van der Waals surface area contributed by atoms with Gasteiger partial charge in [-0.25, -0.2) is 4.98 Å². The first-order valence-electron chi connectivity index (χ1n) is 7.23. The summed E-state index contributed by atoms with van der Waals surface area (Å²) < 4.78 is 0. The molecule has 0 fully saturated rings. The predicted molar refractivity (Wildman–Crippen MR) is 86.0 cm³/mol. The number of nitrogens with one attached hydrogen (secondary N) is 1. The van der Waals surface area contributed by atoms with Crippen LogP contribution in [0.2, 0.25) is 0 Å². The molecule has 0 unspecified atom stereocenters. The third kappa shape index (κ3) is 3.81. The summed E-state index contributed by atoms with van der Waals surface area (Å²) in [5, 5.41) is 3.28. The number of carbonyl (C=O) groups excluding carboxylic acids is 1. The summed E-state index contributed by atoms with van der Waals surface area (Å²) in [5.41, 5.74) is 3.56. The largest absolute Gasteiger partial charge is 0.354 e. The fraction of sp³-hybridized carbons (Fsp3) is 0.294. The van der Waals surface area contributed by atoms with Gasteiger partial charge in [-0.15, -0.1) is 0 Å². The van der Waals surface area contributed by atoms with Crippen LogP contribution in [0.15, 0.2) is 42.6 Å². The van der Waals surface area contributed by atoms with Crippen molar-refractivity contribution >= 4 is 17.3 Å². The van der Waals surface area contributed by atoms with Crippen molar-refractivity contribution in [2.45, 2.75) is 20.8 Å². The highest BCUT2D eigenvalue weighted by Gasteiger charge is 2.13. The number of rotatable bonds is 5. The van der Waals surface area contributed by atoms with E-state index in [-0.39, 0.29) is 5.91 Å². The van der Waals surface area contributed by atoms with Crippen molar-refractivity contribution in [3.63, 3.8) is 0 Å². The molecule has 0 aliphatic rings. The van der Waals surface area contributed by atoms with E-state index in [1.54, 1.807) is 17.2 Å². The maximum atomic E-state index is 12.2. The maximum absolute atomic E-state index is 12.2. The van der Waals surface area contributed by atoms with Crippen molar-refractivity contribution in [3.8, 4) is 0 Å². The van der Waals surface area contributed by atoms with Crippen LogP contribution in [-0.2, 0) is 0 Å². The van der Waals surface area contributed by atoms with Crippen LogP contribution in [-0.4, -0.2) is 28.9 Å². The summed E-state index contributed by atoms with van der Waals surface area (Å²) in [7, 11) is 0. The zero-order valence-electron chi connectivity index (χ0n) is 12.8. The number of carbonyl (C=O) groups is 1. The van der Waals surface area contributed by atoms with E-state index in [0.717, 1.165) is 11.4 Å². The summed E-state index contributed by atoms with van der Waals surface area (Å²) in [6, 6.07) is 11.8. The molecule has 1 aromatic carbocycles. The number of aryl methyl sites for hydroxylation is 1. The average molecular weight is 283 g/mol. The van der Waals surface area contributed by atoms with Crippen LogP contribution < -0.4 is 5.32 Å². The molecule has 21 heavy (non-hydrogen) atoms. The van der Waals surface area contributed by atoms with Crippen molar-refractivity contribution in [3.05, 3.63) is 53.9 Å². The predicted octanol–water partition coefficient (Wildman–Crippen LogP) is 3.62. The van der Waals surface area contributed by atoms with E-state index < -0.39 is 0 Å². The van der Waals surface area contributed by atoms with Gasteiger partial charge in [0.2, 0.25) is 0 Å². The number of aromatic nitrogens is 1. The quantitative estimate of drug-likeness (QED) is 0.911. The minimum Gasteiger partial charge on any atom is -0.354 e. The standard InChI is InChI=1S/C17H21N3O/c1-4-20(5-2)17(21)16-10-9-15(12-18-16)19-14-8-6-7-13(3)11-14/h6-12,19H,4-5H2,1-3H3. The zero-order chi connectivity index (χ0) is 15.2. The molecule has 0 radical (unpaired) electrons. The molecule has 0 bridgehead atoms. The highest BCUT2D eigenvalue weighted by molar-refractivity contribution is 5.92. The Balaban J connectivity index is 2.10. The summed E-state index contributed by atoms with van der Waals surface area (Å²) in [5.74, 6) is -0.0258. The summed E-state index contributed by atoms with van der Waals surface area (Å²) in [4.78, 5) is 18.2. The van der Waals surface area contributed by atoms with Crippen LogP contribution in [0.25, 0.3) is 0 Å². The van der Waals surface area contributed by atoms with E-state index in [9.17, 15) is 4.79 Å². The molecule has 1 amide bonds. The molecular formula is C17H21N3O. The normalized spacial score (nSPS) is 10.2. The van der Waals surface area contributed by atoms with Gasteiger partial charge in [0, 0.05) is 18.8 Å². The average Bonchev–Trinajstić information content (AvgIpc) is 2.49. The SMILES string of the molecule is CCN(CC)C(=O)c1ccc(Nc2cccc(C)c2)cn1. The van der Waals surface area contributed by atoms with Crippen molar-refractivity contribution in [2.75, 3.05) is 18.4 Å². The van der Waals surface area contributed by atoms with Gasteiger partial charge >= 0.3 is 0 Å². The molecule has 0 saturated carbocycles. The van der Waals surface area contributed by atoms with Gasteiger partial charge in [-0.3, -0.25) is 4.79 Å². The molecule has 0 aliphatic carbocycles. The van der Waals surface area contributed by atoms with Gasteiger partial charge in [0.15, 0.2) is 0 Å². The molecule has 110 valence electrons. The van der Waals surface area contributed by atoms with E-state index in [4.69, 9.17) is 0 Å².